The van der Waals surface area contributed by atoms with Crippen molar-refractivity contribution < 1.29 is 19.1 Å². The number of carbonyl (C=O) groups is 1. The largest absolute Gasteiger partial charge is 0.469 e. The zero-order valence-corrected chi connectivity index (χ0v) is 7.73. The second-order valence-corrected chi connectivity index (χ2v) is 2.62. The molecule has 0 aromatic carbocycles. The van der Waals surface area contributed by atoms with Gasteiger partial charge in [-0.05, 0) is 12.1 Å². The van der Waals surface area contributed by atoms with Crippen molar-refractivity contribution >= 4 is 6.09 Å². The molecule has 1 rings (SSSR count). The van der Waals surface area contributed by atoms with Gasteiger partial charge >= 0.3 is 6.09 Å². The molecular weight excluding hydrogens is 186 g/mol. The quantitative estimate of drug-likeness (QED) is 0.726. The van der Waals surface area contributed by atoms with Gasteiger partial charge in [-0.1, -0.05) is 0 Å². The van der Waals surface area contributed by atoms with Crippen molar-refractivity contribution in [2.75, 3.05) is 19.8 Å². The second-order valence-electron chi connectivity index (χ2n) is 2.62. The molecule has 0 unspecified atom stereocenters. The number of aliphatic hydroxyl groups is 1. The van der Waals surface area contributed by atoms with Crippen LogP contribution >= 0.6 is 0 Å². The highest BCUT2D eigenvalue weighted by atomic mass is 16.6. The Morgan fingerprint density at radius 3 is 3.14 bits per heavy atom. The van der Waals surface area contributed by atoms with Crippen LogP contribution in [-0.2, 0) is 11.2 Å². The molecule has 0 fully saturated rings. The van der Waals surface area contributed by atoms with Gasteiger partial charge in [0.2, 0.25) is 0 Å². The van der Waals surface area contributed by atoms with Crippen LogP contribution < -0.4 is 5.32 Å². The first kappa shape index (κ1) is 10.6. The van der Waals surface area contributed by atoms with Gasteiger partial charge in [-0.25, -0.2) is 4.79 Å². The van der Waals surface area contributed by atoms with E-state index in [1.165, 1.54) is 0 Å². The maximum Gasteiger partial charge on any atom is 0.407 e. The van der Waals surface area contributed by atoms with Crippen molar-refractivity contribution in [3.8, 4) is 0 Å². The standard InChI is InChI=1S/C9H13NO4/c11-5-7-14-9(12)10-4-3-8-2-1-6-13-8/h1-2,6,11H,3-5,7H2,(H,10,12). The van der Waals surface area contributed by atoms with Gasteiger partial charge in [0, 0.05) is 13.0 Å². The maximum absolute atomic E-state index is 10.9. The van der Waals surface area contributed by atoms with Crippen LogP contribution in [0.5, 0.6) is 0 Å². The third-order valence-electron chi connectivity index (χ3n) is 1.55. The van der Waals surface area contributed by atoms with Crippen LogP contribution in [0.1, 0.15) is 5.76 Å². The van der Waals surface area contributed by atoms with Crippen LogP contribution in [0.4, 0.5) is 4.79 Å². The average Bonchev–Trinajstić information content (AvgIpc) is 2.67. The van der Waals surface area contributed by atoms with Crippen LogP contribution in [0.2, 0.25) is 0 Å². The molecule has 1 heterocycles. The van der Waals surface area contributed by atoms with Crippen molar-refractivity contribution in [2.45, 2.75) is 6.42 Å². The maximum atomic E-state index is 10.9. The molecule has 0 aliphatic carbocycles. The van der Waals surface area contributed by atoms with E-state index in [9.17, 15) is 4.79 Å². The fourth-order valence-electron chi connectivity index (χ4n) is 0.932. The number of hydrogen-bond acceptors (Lipinski definition) is 4. The van der Waals surface area contributed by atoms with Crippen LogP contribution in [0.3, 0.4) is 0 Å². The molecule has 0 spiro atoms. The predicted octanol–water partition coefficient (Wildman–Crippen LogP) is 0.541. The number of carbonyl (C=O) groups excluding carboxylic acids is 1. The molecule has 5 heteroatoms. The number of hydrogen-bond donors (Lipinski definition) is 2. The van der Waals surface area contributed by atoms with E-state index in [1.807, 2.05) is 6.07 Å². The fourth-order valence-corrected chi connectivity index (χ4v) is 0.932. The molecule has 1 amide bonds. The highest BCUT2D eigenvalue weighted by molar-refractivity contribution is 5.67. The number of alkyl carbamates (subject to hydrolysis) is 1. The van der Waals surface area contributed by atoms with Crippen LogP contribution in [0.15, 0.2) is 22.8 Å². The lowest BCUT2D eigenvalue weighted by molar-refractivity contribution is 0.119. The van der Waals surface area contributed by atoms with Crippen molar-refractivity contribution in [2.24, 2.45) is 0 Å². The highest BCUT2D eigenvalue weighted by Gasteiger charge is 2.01. The summed E-state index contributed by atoms with van der Waals surface area (Å²) in [6, 6.07) is 3.63. The fraction of sp³-hybridized carbons (Fsp3) is 0.444. The summed E-state index contributed by atoms with van der Waals surface area (Å²) in [6.07, 6.45) is 1.69. The number of furan rings is 1. The second kappa shape index (κ2) is 6.04. The topological polar surface area (TPSA) is 71.7 Å². The minimum absolute atomic E-state index is 0.0204. The van der Waals surface area contributed by atoms with E-state index in [0.29, 0.717) is 13.0 Å². The molecule has 0 saturated carbocycles. The van der Waals surface area contributed by atoms with Crippen molar-refractivity contribution in [3.05, 3.63) is 24.2 Å². The smallest absolute Gasteiger partial charge is 0.407 e. The number of nitrogens with one attached hydrogen (secondary N) is 1. The number of amides is 1. The average molecular weight is 199 g/mol. The Kier molecular flexibility index (Phi) is 4.57. The van der Waals surface area contributed by atoms with Gasteiger partial charge in [0.15, 0.2) is 0 Å². The van der Waals surface area contributed by atoms with Gasteiger partial charge in [0.05, 0.1) is 12.9 Å². The predicted molar refractivity (Wildman–Crippen MR) is 48.8 cm³/mol. The van der Waals surface area contributed by atoms with Gasteiger partial charge in [-0.15, -0.1) is 0 Å². The molecule has 0 bridgehead atoms. The molecule has 1 aromatic heterocycles. The molecule has 0 aliphatic heterocycles. The summed E-state index contributed by atoms with van der Waals surface area (Å²) in [4.78, 5) is 10.9. The summed E-state index contributed by atoms with van der Waals surface area (Å²) in [5, 5.41) is 10.9. The zero-order valence-electron chi connectivity index (χ0n) is 7.73. The van der Waals surface area contributed by atoms with Crippen molar-refractivity contribution in [1.82, 2.24) is 5.32 Å². The molecule has 0 radical (unpaired) electrons. The first-order chi connectivity index (χ1) is 6.83. The zero-order chi connectivity index (χ0) is 10.2. The lowest BCUT2D eigenvalue weighted by Gasteiger charge is -2.03. The monoisotopic (exact) mass is 199 g/mol. The normalized spacial score (nSPS) is 9.79. The molecule has 0 saturated heterocycles. The van der Waals surface area contributed by atoms with E-state index in [0.717, 1.165) is 5.76 Å². The van der Waals surface area contributed by atoms with E-state index in [1.54, 1.807) is 12.3 Å². The molecule has 5 nitrogen and oxygen atoms in total. The van der Waals surface area contributed by atoms with Crippen molar-refractivity contribution in [3.63, 3.8) is 0 Å². The molecule has 78 valence electrons. The van der Waals surface area contributed by atoms with Crippen LogP contribution in [-0.4, -0.2) is 31.0 Å². The number of rotatable bonds is 5. The van der Waals surface area contributed by atoms with Gasteiger partial charge in [0.25, 0.3) is 0 Å². The lowest BCUT2D eigenvalue weighted by Crippen LogP contribution is -2.27. The molecular formula is C9H13NO4. The minimum atomic E-state index is -0.523. The van der Waals surface area contributed by atoms with E-state index in [4.69, 9.17) is 9.52 Å². The molecule has 0 aliphatic rings. The molecule has 14 heavy (non-hydrogen) atoms. The third-order valence-corrected chi connectivity index (χ3v) is 1.55. The Hall–Kier alpha value is -1.49. The lowest BCUT2D eigenvalue weighted by atomic mass is 10.3. The van der Waals surface area contributed by atoms with Gasteiger partial charge < -0.3 is 19.6 Å². The minimum Gasteiger partial charge on any atom is -0.469 e. The van der Waals surface area contributed by atoms with E-state index in [2.05, 4.69) is 10.1 Å². The Morgan fingerprint density at radius 1 is 1.64 bits per heavy atom. The number of ether oxygens (including phenoxy) is 1. The van der Waals surface area contributed by atoms with Crippen molar-refractivity contribution in [1.29, 1.82) is 0 Å². The first-order valence-electron chi connectivity index (χ1n) is 4.37. The molecule has 1 aromatic rings. The first-order valence-corrected chi connectivity index (χ1v) is 4.37. The summed E-state index contributed by atoms with van der Waals surface area (Å²) in [6.45, 7) is 0.315. The Bertz CT molecular complexity index is 258. The van der Waals surface area contributed by atoms with Gasteiger partial charge in [-0.3, -0.25) is 0 Å². The van der Waals surface area contributed by atoms with Crippen LogP contribution in [0, 0.1) is 0 Å². The Labute approximate surface area is 81.7 Å². The van der Waals surface area contributed by atoms with E-state index >= 15 is 0 Å². The summed E-state index contributed by atoms with van der Waals surface area (Å²) in [7, 11) is 0. The van der Waals surface area contributed by atoms with E-state index in [-0.39, 0.29) is 13.2 Å². The Morgan fingerprint density at radius 2 is 2.50 bits per heavy atom. The van der Waals surface area contributed by atoms with Gasteiger partial charge in [-0.2, -0.15) is 0 Å². The molecule has 2 N–H and O–H groups in total. The third kappa shape index (κ3) is 3.95. The SMILES string of the molecule is O=C(NCCc1ccco1)OCCO. The number of aliphatic hydroxyl groups excluding tert-OH is 1. The van der Waals surface area contributed by atoms with Crippen LogP contribution in [0.25, 0.3) is 0 Å². The molecule has 0 atom stereocenters. The summed E-state index contributed by atoms with van der Waals surface area (Å²) >= 11 is 0. The highest BCUT2D eigenvalue weighted by Crippen LogP contribution is 1.99. The van der Waals surface area contributed by atoms with Gasteiger partial charge in [0.1, 0.15) is 12.4 Å². The summed E-state index contributed by atoms with van der Waals surface area (Å²) < 4.78 is 9.64. The Balaban J connectivity index is 2.06. The summed E-state index contributed by atoms with van der Waals surface area (Å²) in [5.41, 5.74) is 0. The summed E-state index contributed by atoms with van der Waals surface area (Å²) in [5.74, 6) is 0.812. The van der Waals surface area contributed by atoms with E-state index < -0.39 is 6.09 Å².